The minimum Gasteiger partial charge on any atom is -0.421 e. The number of hydrogen-bond acceptors (Lipinski definition) is 4. The van der Waals surface area contributed by atoms with Gasteiger partial charge in [-0.2, -0.15) is 0 Å². The van der Waals surface area contributed by atoms with E-state index in [2.05, 4.69) is 34.6 Å². The van der Waals surface area contributed by atoms with Gasteiger partial charge in [0.1, 0.15) is 0 Å². The van der Waals surface area contributed by atoms with Crippen LogP contribution >= 0.6 is 0 Å². The maximum absolute atomic E-state index is 12.2. The molecule has 0 saturated carbocycles. The number of carbonyl (C=O) groups is 1. The number of nitrogens with zero attached hydrogens (tertiary/aromatic N) is 2. The molecule has 3 rings (SSSR count). The molecule has 0 atom stereocenters. The Morgan fingerprint density at radius 2 is 1.74 bits per heavy atom. The van der Waals surface area contributed by atoms with Crippen molar-refractivity contribution in [2.24, 2.45) is 0 Å². The van der Waals surface area contributed by atoms with Crippen molar-refractivity contribution in [1.29, 1.82) is 0 Å². The van der Waals surface area contributed by atoms with Crippen LogP contribution in [0.4, 0.5) is 5.69 Å². The van der Waals surface area contributed by atoms with E-state index < -0.39 is 0 Å². The molecule has 0 bridgehead atoms. The van der Waals surface area contributed by atoms with Crippen molar-refractivity contribution in [3.63, 3.8) is 0 Å². The summed E-state index contributed by atoms with van der Waals surface area (Å²) in [5.41, 5.74) is 4.16. The average molecular weight is 363 g/mol. The standard InChI is InChI=1S/C22H25N3O2/c1-3-4-5-17-8-12-19(13-9-17)23-20(26)14-15-21-24-25-22(27-21)18-10-6-16(2)7-11-18/h6-13H,3-5,14-15H2,1-2H3,(H,23,26). The van der Waals surface area contributed by atoms with Crippen LogP contribution in [0.5, 0.6) is 0 Å². The van der Waals surface area contributed by atoms with E-state index in [1.807, 2.05) is 43.3 Å². The van der Waals surface area contributed by atoms with E-state index in [-0.39, 0.29) is 5.91 Å². The van der Waals surface area contributed by atoms with E-state index in [9.17, 15) is 4.79 Å². The lowest BCUT2D eigenvalue weighted by molar-refractivity contribution is -0.116. The number of unbranched alkanes of at least 4 members (excludes halogenated alkanes) is 1. The molecule has 1 heterocycles. The predicted molar refractivity (Wildman–Crippen MR) is 106 cm³/mol. The molecular weight excluding hydrogens is 338 g/mol. The maximum atomic E-state index is 12.2. The Hall–Kier alpha value is -2.95. The van der Waals surface area contributed by atoms with Gasteiger partial charge in [0.25, 0.3) is 0 Å². The average Bonchev–Trinajstić information content (AvgIpc) is 3.15. The van der Waals surface area contributed by atoms with Crippen molar-refractivity contribution in [2.45, 2.75) is 46.0 Å². The molecule has 0 saturated heterocycles. The molecule has 0 aliphatic heterocycles. The monoisotopic (exact) mass is 363 g/mol. The maximum Gasteiger partial charge on any atom is 0.247 e. The Morgan fingerprint density at radius 3 is 2.44 bits per heavy atom. The molecular formula is C22H25N3O2. The summed E-state index contributed by atoms with van der Waals surface area (Å²) in [7, 11) is 0. The molecule has 5 heteroatoms. The fraction of sp³-hybridized carbons (Fsp3) is 0.318. The van der Waals surface area contributed by atoms with Gasteiger partial charge in [-0.1, -0.05) is 43.2 Å². The summed E-state index contributed by atoms with van der Waals surface area (Å²) in [5, 5.41) is 11.0. The van der Waals surface area contributed by atoms with Crippen LogP contribution in [0.3, 0.4) is 0 Å². The SMILES string of the molecule is CCCCc1ccc(NC(=O)CCc2nnc(-c3ccc(C)cc3)o2)cc1. The van der Waals surface area contributed by atoms with E-state index in [0.29, 0.717) is 24.6 Å². The Balaban J connectivity index is 1.50. The molecule has 0 fully saturated rings. The molecule has 0 aliphatic carbocycles. The molecule has 0 unspecified atom stereocenters. The smallest absolute Gasteiger partial charge is 0.247 e. The first-order valence-electron chi connectivity index (χ1n) is 9.42. The van der Waals surface area contributed by atoms with Gasteiger partial charge in [-0.15, -0.1) is 10.2 Å². The van der Waals surface area contributed by atoms with Crippen LogP contribution in [0.15, 0.2) is 52.9 Å². The van der Waals surface area contributed by atoms with Gasteiger partial charge < -0.3 is 9.73 Å². The van der Waals surface area contributed by atoms with Crippen LogP contribution in [-0.2, 0) is 17.6 Å². The second-order valence-corrected chi connectivity index (χ2v) is 6.72. The number of anilines is 1. The number of carbonyl (C=O) groups excluding carboxylic acids is 1. The van der Waals surface area contributed by atoms with E-state index in [0.717, 1.165) is 17.7 Å². The van der Waals surface area contributed by atoms with Gasteiger partial charge in [-0.25, -0.2) is 0 Å². The van der Waals surface area contributed by atoms with Gasteiger partial charge in [0, 0.05) is 24.1 Å². The third-order valence-corrected chi connectivity index (χ3v) is 4.39. The normalized spacial score (nSPS) is 10.7. The zero-order valence-electron chi connectivity index (χ0n) is 15.9. The molecule has 1 N–H and O–H groups in total. The number of amides is 1. The minimum absolute atomic E-state index is 0.0635. The molecule has 27 heavy (non-hydrogen) atoms. The van der Waals surface area contributed by atoms with E-state index in [4.69, 9.17) is 4.42 Å². The number of aromatic nitrogens is 2. The van der Waals surface area contributed by atoms with Crippen LogP contribution in [0.25, 0.3) is 11.5 Å². The molecule has 0 spiro atoms. The third kappa shape index (κ3) is 5.51. The Bertz CT molecular complexity index is 867. The molecule has 5 nitrogen and oxygen atoms in total. The largest absolute Gasteiger partial charge is 0.421 e. The third-order valence-electron chi connectivity index (χ3n) is 4.39. The summed E-state index contributed by atoms with van der Waals surface area (Å²) >= 11 is 0. The topological polar surface area (TPSA) is 68.0 Å². The molecule has 0 aliphatic rings. The number of rotatable bonds is 8. The Morgan fingerprint density at radius 1 is 1.00 bits per heavy atom. The summed E-state index contributed by atoms with van der Waals surface area (Å²) in [5.74, 6) is 0.884. The van der Waals surface area contributed by atoms with Gasteiger partial charge in [-0.05, 0) is 49.6 Å². The quantitative estimate of drug-likeness (QED) is 0.614. The summed E-state index contributed by atoms with van der Waals surface area (Å²) in [6.07, 6.45) is 4.15. The van der Waals surface area contributed by atoms with Crippen molar-refractivity contribution >= 4 is 11.6 Å². The predicted octanol–water partition coefficient (Wildman–Crippen LogP) is 4.96. The number of hydrogen-bond donors (Lipinski definition) is 1. The van der Waals surface area contributed by atoms with Crippen LogP contribution in [-0.4, -0.2) is 16.1 Å². The molecule has 140 valence electrons. The van der Waals surface area contributed by atoms with Gasteiger partial charge in [0.15, 0.2) is 0 Å². The number of nitrogens with one attached hydrogen (secondary N) is 1. The first kappa shape index (κ1) is 18.8. The van der Waals surface area contributed by atoms with Crippen molar-refractivity contribution in [1.82, 2.24) is 10.2 Å². The van der Waals surface area contributed by atoms with Gasteiger partial charge in [-0.3, -0.25) is 4.79 Å². The van der Waals surface area contributed by atoms with Crippen LogP contribution in [0, 0.1) is 6.92 Å². The summed E-state index contributed by atoms with van der Waals surface area (Å²) in [6, 6.07) is 15.9. The van der Waals surface area contributed by atoms with Gasteiger partial charge >= 0.3 is 0 Å². The van der Waals surface area contributed by atoms with Crippen molar-refractivity contribution in [3.05, 3.63) is 65.5 Å². The lowest BCUT2D eigenvalue weighted by Gasteiger charge is -2.06. The zero-order valence-corrected chi connectivity index (χ0v) is 15.9. The summed E-state index contributed by atoms with van der Waals surface area (Å²) in [4.78, 5) is 12.2. The van der Waals surface area contributed by atoms with Gasteiger partial charge in [0.05, 0.1) is 0 Å². The molecule has 0 radical (unpaired) electrons. The van der Waals surface area contributed by atoms with Crippen LogP contribution < -0.4 is 5.32 Å². The minimum atomic E-state index is -0.0635. The molecule has 1 amide bonds. The number of aryl methyl sites for hydroxylation is 3. The summed E-state index contributed by atoms with van der Waals surface area (Å²) < 4.78 is 5.66. The number of benzene rings is 2. The highest BCUT2D eigenvalue weighted by molar-refractivity contribution is 5.90. The second kappa shape index (κ2) is 9.12. The lowest BCUT2D eigenvalue weighted by Crippen LogP contribution is -2.12. The summed E-state index contributed by atoms with van der Waals surface area (Å²) in [6.45, 7) is 4.21. The zero-order chi connectivity index (χ0) is 19.1. The molecule has 2 aromatic carbocycles. The van der Waals surface area contributed by atoms with Crippen molar-refractivity contribution in [2.75, 3.05) is 5.32 Å². The van der Waals surface area contributed by atoms with Gasteiger partial charge in [0.2, 0.25) is 17.7 Å². The molecule has 3 aromatic rings. The van der Waals surface area contributed by atoms with Crippen LogP contribution in [0.1, 0.15) is 43.2 Å². The highest BCUT2D eigenvalue weighted by Gasteiger charge is 2.11. The Labute approximate surface area is 159 Å². The van der Waals surface area contributed by atoms with E-state index >= 15 is 0 Å². The fourth-order valence-corrected chi connectivity index (χ4v) is 2.75. The first-order chi connectivity index (χ1) is 13.1. The van der Waals surface area contributed by atoms with Crippen LogP contribution in [0.2, 0.25) is 0 Å². The molecule has 1 aromatic heterocycles. The van der Waals surface area contributed by atoms with E-state index in [1.165, 1.54) is 24.0 Å². The second-order valence-electron chi connectivity index (χ2n) is 6.72. The van der Waals surface area contributed by atoms with Crippen molar-refractivity contribution in [3.8, 4) is 11.5 Å². The van der Waals surface area contributed by atoms with E-state index in [1.54, 1.807) is 0 Å². The lowest BCUT2D eigenvalue weighted by atomic mass is 10.1. The first-order valence-corrected chi connectivity index (χ1v) is 9.42. The highest BCUT2D eigenvalue weighted by atomic mass is 16.4. The Kier molecular flexibility index (Phi) is 6.36. The van der Waals surface area contributed by atoms with Crippen molar-refractivity contribution < 1.29 is 9.21 Å². The highest BCUT2D eigenvalue weighted by Crippen LogP contribution is 2.19. The fourth-order valence-electron chi connectivity index (χ4n) is 2.75.